The van der Waals surface area contributed by atoms with Crippen molar-refractivity contribution in [2.24, 2.45) is 11.3 Å². The van der Waals surface area contributed by atoms with Crippen molar-refractivity contribution < 1.29 is 8.42 Å². The molecule has 5 nitrogen and oxygen atoms in total. The van der Waals surface area contributed by atoms with Gasteiger partial charge in [0.1, 0.15) is 0 Å². The molecule has 0 spiro atoms. The van der Waals surface area contributed by atoms with Gasteiger partial charge in [-0.1, -0.05) is 34.6 Å². The molecule has 0 aromatic carbocycles. The van der Waals surface area contributed by atoms with Gasteiger partial charge in [0.2, 0.25) is 0 Å². The highest BCUT2D eigenvalue weighted by atomic mass is 32.2. The van der Waals surface area contributed by atoms with Crippen molar-refractivity contribution >= 4 is 10.2 Å². The summed E-state index contributed by atoms with van der Waals surface area (Å²) in [5.74, 6) is 0.414. The zero-order chi connectivity index (χ0) is 16.1. The molecule has 0 amide bonds. The average Bonchev–Trinajstić information content (AvgIpc) is 2.44. The van der Waals surface area contributed by atoms with Gasteiger partial charge in [0.15, 0.2) is 0 Å². The molecule has 1 fully saturated rings. The molecule has 0 radical (unpaired) electrons. The zero-order valence-corrected chi connectivity index (χ0v) is 15.1. The molecule has 0 aliphatic carbocycles. The van der Waals surface area contributed by atoms with Crippen LogP contribution in [0.1, 0.15) is 53.9 Å². The Hall–Kier alpha value is -0.170. The predicted molar refractivity (Wildman–Crippen MR) is 88.4 cm³/mol. The Bertz CT molecular complexity index is 407. The van der Waals surface area contributed by atoms with Crippen LogP contribution in [0.15, 0.2) is 0 Å². The fraction of sp³-hybridized carbons (Fsp3) is 1.00. The van der Waals surface area contributed by atoms with Gasteiger partial charge in [0.05, 0.1) is 0 Å². The van der Waals surface area contributed by atoms with Gasteiger partial charge in [-0.3, -0.25) is 0 Å². The quantitative estimate of drug-likeness (QED) is 0.719. The van der Waals surface area contributed by atoms with Crippen LogP contribution in [-0.4, -0.2) is 44.9 Å². The van der Waals surface area contributed by atoms with Crippen LogP contribution in [0.3, 0.4) is 0 Å². The monoisotopic (exact) mass is 319 g/mol. The molecular formula is C15H33N3O2S. The molecule has 1 atom stereocenters. The molecule has 2 N–H and O–H groups in total. The summed E-state index contributed by atoms with van der Waals surface area (Å²) in [4.78, 5) is 0. The highest BCUT2D eigenvalue weighted by Crippen LogP contribution is 2.21. The van der Waals surface area contributed by atoms with Crippen LogP contribution < -0.4 is 10.0 Å². The Morgan fingerprint density at radius 1 is 1.33 bits per heavy atom. The summed E-state index contributed by atoms with van der Waals surface area (Å²) in [5.41, 5.74) is 0.00144. The number of hydrogen-bond acceptors (Lipinski definition) is 3. The van der Waals surface area contributed by atoms with E-state index in [4.69, 9.17) is 0 Å². The molecule has 1 saturated heterocycles. The lowest BCUT2D eigenvalue weighted by atomic mass is 9.91. The van der Waals surface area contributed by atoms with E-state index in [1.165, 1.54) is 0 Å². The zero-order valence-electron chi connectivity index (χ0n) is 14.3. The maximum absolute atomic E-state index is 12.4. The van der Waals surface area contributed by atoms with Gasteiger partial charge in [0, 0.05) is 25.7 Å². The van der Waals surface area contributed by atoms with E-state index in [9.17, 15) is 8.42 Å². The van der Waals surface area contributed by atoms with Gasteiger partial charge in [-0.25, -0.2) is 4.72 Å². The maximum Gasteiger partial charge on any atom is 0.279 e. The molecule has 0 saturated carbocycles. The molecule has 6 heteroatoms. The van der Waals surface area contributed by atoms with E-state index >= 15 is 0 Å². The summed E-state index contributed by atoms with van der Waals surface area (Å²) in [6, 6.07) is 0.445. The average molecular weight is 320 g/mol. The summed E-state index contributed by atoms with van der Waals surface area (Å²) >= 11 is 0. The second-order valence-electron chi connectivity index (χ2n) is 7.27. The van der Waals surface area contributed by atoms with Crippen molar-refractivity contribution in [3.63, 3.8) is 0 Å². The van der Waals surface area contributed by atoms with Gasteiger partial charge in [-0.2, -0.15) is 12.7 Å². The molecule has 1 rings (SSSR count). The van der Waals surface area contributed by atoms with E-state index in [2.05, 4.69) is 44.7 Å². The number of piperidine rings is 1. The van der Waals surface area contributed by atoms with Gasteiger partial charge in [-0.15, -0.1) is 0 Å². The molecule has 0 bridgehead atoms. The minimum absolute atomic E-state index is 0.00144. The Balaban J connectivity index is 2.54. The van der Waals surface area contributed by atoms with Crippen LogP contribution in [0.5, 0.6) is 0 Å². The van der Waals surface area contributed by atoms with Crippen molar-refractivity contribution in [2.45, 2.75) is 59.9 Å². The number of rotatable bonds is 8. The predicted octanol–water partition coefficient (Wildman–Crippen LogP) is 1.97. The van der Waals surface area contributed by atoms with E-state index in [0.29, 0.717) is 31.6 Å². The van der Waals surface area contributed by atoms with Crippen molar-refractivity contribution in [2.75, 3.05) is 26.2 Å². The molecule has 21 heavy (non-hydrogen) atoms. The van der Waals surface area contributed by atoms with Gasteiger partial charge in [-0.05, 0) is 37.1 Å². The molecular weight excluding hydrogens is 286 g/mol. The van der Waals surface area contributed by atoms with E-state index < -0.39 is 10.2 Å². The fourth-order valence-corrected chi connectivity index (χ4v) is 3.85. The van der Waals surface area contributed by atoms with Crippen LogP contribution in [-0.2, 0) is 10.2 Å². The van der Waals surface area contributed by atoms with E-state index in [1.54, 1.807) is 4.31 Å². The molecule has 1 aliphatic heterocycles. The van der Waals surface area contributed by atoms with Gasteiger partial charge in [0.25, 0.3) is 10.2 Å². The third kappa shape index (κ3) is 6.63. The first-order valence-electron chi connectivity index (χ1n) is 8.14. The van der Waals surface area contributed by atoms with Crippen molar-refractivity contribution in [3.8, 4) is 0 Å². The van der Waals surface area contributed by atoms with Gasteiger partial charge < -0.3 is 5.32 Å². The first-order chi connectivity index (χ1) is 9.66. The largest absolute Gasteiger partial charge is 0.314 e. The van der Waals surface area contributed by atoms with E-state index in [-0.39, 0.29) is 5.41 Å². The summed E-state index contributed by atoms with van der Waals surface area (Å²) in [7, 11) is -3.34. The van der Waals surface area contributed by atoms with Crippen molar-refractivity contribution in [1.29, 1.82) is 0 Å². The molecule has 1 heterocycles. The van der Waals surface area contributed by atoms with E-state index in [1.807, 2.05) is 0 Å². The standard InChI is InChI=1S/C15H33N3O2S/c1-6-15(4,5)12-17-21(19,20)18-9-7-8-14(11-18)10-16-13(2)3/h13-14,16-17H,6-12H2,1-5H3. The third-order valence-corrected chi connectivity index (χ3v) is 5.85. The van der Waals surface area contributed by atoms with Gasteiger partial charge >= 0.3 is 0 Å². The highest BCUT2D eigenvalue weighted by molar-refractivity contribution is 7.87. The first-order valence-corrected chi connectivity index (χ1v) is 9.58. The number of hydrogen-bond donors (Lipinski definition) is 2. The van der Waals surface area contributed by atoms with Crippen LogP contribution >= 0.6 is 0 Å². The van der Waals surface area contributed by atoms with Crippen LogP contribution in [0, 0.1) is 11.3 Å². The first kappa shape index (κ1) is 18.9. The smallest absolute Gasteiger partial charge is 0.279 e. The molecule has 1 aliphatic rings. The maximum atomic E-state index is 12.4. The van der Waals surface area contributed by atoms with Crippen molar-refractivity contribution in [3.05, 3.63) is 0 Å². The van der Waals surface area contributed by atoms with Crippen LogP contribution in [0.4, 0.5) is 0 Å². The Kier molecular flexibility index (Phi) is 7.10. The second-order valence-corrected chi connectivity index (χ2v) is 9.03. The second kappa shape index (κ2) is 7.90. The fourth-order valence-electron chi connectivity index (χ4n) is 2.32. The minimum Gasteiger partial charge on any atom is -0.314 e. The lowest BCUT2D eigenvalue weighted by molar-refractivity contribution is 0.251. The normalized spacial score (nSPS) is 21.9. The topological polar surface area (TPSA) is 61.4 Å². The lowest BCUT2D eigenvalue weighted by Gasteiger charge is -2.33. The molecule has 0 aromatic heterocycles. The Morgan fingerprint density at radius 3 is 2.57 bits per heavy atom. The molecule has 126 valence electrons. The lowest BCUT2D eigenvalue weighted by Crippen LogP contribution is -2.49. The summed E-state index contributed by atoms with van der Waals surface area (Å²) < 4.78 is 29.3. The molecule has 1 unspecified atom stereocenters. The van der Waals surface area contributed by atoms with E-state index in [0.717, 1.165) is 25.8 Å². The molecule has 0 aromatic rings. The summed E-state index contributed by atoms with van der Waals surface area (Å²) in [5, 5.41) is 3.41. The van der Waals surface area contributed by atoms with Crippen LogP contribution in [0.2, 0.25) is 0 Å². The SMILES string of the molecule is CCC(C)(C)CNS(=O)(=O)N1CCCC(CNC(C)C)C1. The summed E-state index contributed by atoms with van der Waals surface area (Å²) in [6.45, 7) is 13.1. The third-order valence-electron chi connectivity index (χ3n) is 4.33. The highest BCUT2D eigenvalue weighted by Gasteiger charge is 2.30. The minimum atomic E-state index is -3.34. The number of nitrogens with one attached hydrogen (secondary N) is 2. The van der Waals surface area contributed by atoms with Crippen molar-refractivity contribution in [1.82, 2.24) is 14.3 Å². The number of nitrogens with zero attached hydrogens (tertiary/aromatic N) is 1. The van der Waals surface area contributed by atoms with Crippen LogP contribution in [0.25, 0.3) is 0 Å². The summed E-state index contributed by atoms with van der Waals surface area (Å²) in [6.07, 6.45) is 3.01. The Labute approximate surface area is 131 Å². The Morgan fingerprint density at radius 2 is 2.00 bits per heavy atom.